The molecule has 0 spiro atoms. The zero-order valence-electron chi connectivity index (χ0n) is 13.0. The molecule has 0 aliphatic carbocycles. The van der Waals surface area contributed by atoms with Gasteiger partial charge in [0.1, 0.15) is 5.69 Å². The Kier molecular flexibility index (Phi) is 5.44. The molecule has 0 amide bonds. The van der Waals surface area contributed by atoms with Crippen molar-refractivity contribution in [2.75, 3.05) is 11.4 Å². The second kappa shape index (κ2) is 7.13. The van der Waals surface area contributed by atoms with E-state index in [9.17, 15) is 9.59 Å². The van der Waals surface area contributed by atoms with E-state index in [0.29, 0.717) is 25.3 Å². The van der Waals surface area contributed by atoms with E-state index in [1.165, 1.54) is 20.7 Å². The summed E-state index contributed by atoms with van der Waals surface area (Å²) in [5.74, 6) is 0. The van der Waals surface area contributed by atoms with E-state index >= 15 is 0 Å². The molecule has 0 radical (unpaired) electrons. The lowest BCUT2D eigenvalue weighted by atomic mass is 10.2. The van der Waals surface area contributed by atoms with Crippen LogP contribution in [0.25, 0.3) is 0 Å². The third-order valence-electron chi connectivity index (χ3n) is 3.72. The number of aromatic nitrogens is 2. The van der Waals surface area contributed by atoms with Crippen LogP contribution in [-0.4, -0.2) is 15.7 Å². The molecule has 0 unspecified atom stereocenters. The fourth-order valence-electron chi connectivity index (χ4n) is 2.35. The molecule has 0 saturated heterocycles. The minimum atomic E-state index is -0.276. The van der Waals surface area contributed by atoms with E-state index in [2.05, 4.69) is 34.7 Å². The molecule has 0 atom stereocenters. The van der Waals surface area contributed by atoms with Gasteiger partial charge >= 0.3 is 5.69 Å². The minimum Gasteiger partial charge on any atom is -0.362 e. The molecular formula is C16H20IN3O2. The van der Waals surface area contributed by atoms with Crippen molar-refractivity contribution in [1.82, 2.24) is 9.13 Å². The van der Waals surface area contributed by atoms with Gasteiger partial charge in [0.05, 0.1) is 0 Å². The van der Waals surface area contributed by atoms with Crippen LogP contribution < -0.4 is 16.1 Å². The van der Waals surface area contributed by atoms with Gasteiger partial charge in [-0.3, -0.25) is 13.9 Å². The standard InChI is InChI=1S/C16H20IN3O2/c1-4-19(10-12-8-6-7-9-13(12)17)14-11-20(5-2)16(22)18(3)15(14)21/h6-9,11H,4-5,10H2,1-3H3. The van der Waals surface area contributed by atoms with Crippen molar-refractivity contribution in [2.24, 2.45) is 7.05 Å². The van der Waals surface area contributed by atoms with Crippen LogP contribution in [-0.2, 0) is 20.1 Å². The van der Waals surface area contributed by atoms with Gasteiger partial charge in [-0.15, -0.1) is 0 Å². The van der Waals surface area contributed by atoms with E-state index in [1.807, 2.05) is 30.9 Å². The fourth-order valence-corrected chi connectivity index (χ4v) is 2.91. The molecule has 2 aromatic rings. The van der Waals surface area contributed by atoms with Crippen LogP contribution in [0.15, 0.2) is 40.1 Å². The van der Waals surface area contributed by atoms with Gasteiger partial charge in [-0.05, 0) is 48.1 Å². The van der Waals surface area contributed by atoms with Crippen LogP contribution in [0.2, 0.25) is 0 Å². The number of aryl methyl sites for hydroxylation is 1. The number of benzene rings is 1. The molecule has 2 rings (SSSR count). The summed E-state index contributed by atoms with van der Waals surface area (Å²) in [6.45, 7) is 5.79. The molecule has 0 aliphatic heterocycles. The molecule has 1 aromatic carbocycles. The van der Waals surface area contributed by atoms with Gasteiger partial charge in [0.15, 0.2) is 0 Å². The highest BCUT2D eigenvalue weighted by atomic mass is 127. The van der Waals surface area contributed by atoms with Crippen molar-refractivity contribution in [1.29, 1.82) is 0 Å². The lowest BCUT2D eigenvalue weighted by Crippen LogP contribution is -2.41. The average molecular weight is 413 g/mol. The summed E-state index contributed by atoms with van der Waals surface area (Å²) < 4.78 is 3.91. The van der Waals surface area contributed by atoms with Gasteiger partial charge in [-0.1, -0.05) is 18.2 Å². The van der Waals surface area contributed by atoms with Gasteiger partial charge in [0.25, 0.3) is 5.56 Å². The summed E-state index contributed by atoms with van der Waals surface area (Å²) in [6, 6.07) is 8.10. The zero-order chi connectivity index (χ0) is 16.3. The molecule has 0 saturated carbocycles. The van der Waals surface area contributed by atoms with Crippen LogP contribution in [0, 0.1) is 3.57 Å². The van der Waals surface area contributed by atoms with Crippen molar-refractivity contribution in [3.8, 4) is 0 Å². The highest BCUT2D eigenvalue weighted by molar-refractivity contribution is 14.1. The maximum absolute atomic E-state index is 12.4. The summed E-state index contributed by atoms with van der Waals surface area (Å²) >= 11 is 2.30. The van der Waals surface area contributed by atoms with Crippen LogP contribution in [0.3, 0.4) is 0 Å². The van der Waals surface area contributed by atoms with Gasteiger partial charge in [-0.25, -0.2) is 4.79 Å². The van der Waals surface area contributed by atoms with Crippen molar-refractivity contribution >= 4 is 28.3 Å². The van der Waals surface area contributed by atoms with E-state index in [0.717, 1.165) is 0 Å². The van der Waals surface area contributed by atoms with E-state index in [-0.39, 0.29) is 11.2 Å². The third kappa shape index (κ3) is 3.26. The molecule has 1 aromatic heterocycles. The summed E-state index contributed by atoms with van der Waals surface area (Å²) in [5, 5.41) is 0. The minimum absolute atomic E-state index is 0.248. The van der Waals surface area contributed by atoms with Gasteiger partial charge in [0, 0.05) is 36.4 Å². The second-order valence-corrected chi connectivity index (χ2v) is 6.21. The quantitative estimate of drug-likeness (QED) is 0.707. The van der Waals surface area contributed by atoms with Crippen LogP contribution in [0.1, 0.15) is 19.4 Å². The normalized spacial score (nSPS) is 10.7. The number of nitrogens with zero attached hydrogens (tertiary/aromatic N) is 3. The zero-order valence-corrected chi connectivity index (χ0v) is 15.2. The van der Waals surface area contributed by atoms with Crippen LogP contribution in [0.4, 0.5) is 5.69 Å². The molecule has 0 aliphatic rings. The summed E-state index contributed by atoms with van der Waals surface area (Å²) in [5.41, 5.74) is 1.21. The van der Waals surface area contributed by atoms with Gasteiger partial charge < -0.3 is 4.90 Å². The van der Waals surface area contributed by atoms with Crippen molar-refractivity contribution in [3.05, 3.63) is 60.4 Å². The van der Waals surface area contributed by atoms with Gasteiger partial charge in [0.2, 0.25) is 0 Å². The third-order valence-corrected chi connectivity index (χ3v) is 4.77. The topological polar surface area (TPSA) is 47.2 Å². The lowest BCUT2D eigenvalue weighted by molar-refractivity contribution is 0.622. The maximum atomic E-state index is 12.4. The van der Waals surface area contributed by atoms with E-state index in [4.69, 9.17) is 0 Å². The molecule has 118 valence electrons. The Bertz CT molecular complexity index is 780. The smallest absolute Gasteiger partial charge is 0.330 e. The fraction of sp³-hybridized carbons (Fsp3) is 0.375. The van der Waals surface area contributed by atoms with E-state index < -0.39 is 0 Å². The van der Waals surface area contributed by atoms with Gasteiger partial charge in [-0.2, -0.15) is 0 Å². The highest BCUT2D eigenvalue weighted by Gasteiger charge is 2.15. The number of hydrogen-bond donors (Lipinski definition) is 0. The molecule has 0 fully saturated rings. The predicted octanol–water partition coefficient (Wildman–Crippen LogP) is 2.20. The Labute approximate surface area is 143 Å². The first kappa shape index (κ1) is 16.8. The molecule has 0 N–H and O–H groups in total. The lowest BCUT2D eigenvalue weighted by Gasteiger charge is -2.24. The van der Waals surface area contributed by atoms with Crippen molar-refractivity contribution in [2.45, 2.75) is 26.9 Å². The Morgan fingerprint density at radius 3 is 2.45 bits per heavy atom. The molecule has 0 bridgehead atoms. The molecule has 6 heteroatoms. The number of hydrogen-bond acceptors (Lipinski definition) is 3. The maximum Gasteiger partial charge on any atom is 0.330 e. The van der Waals surface area contributed by atoms with E-state index in [1.54, 1.807) is 10.8 Å². The largest absolute Gasteiger partial charge is 0.362 e. The first-order valence-corrected chi connectivity index (χ1v) is 8.36. The molecule has 22 heavy (non-hydrogen) atoms. The highest BCUT2D eigenvalue weighted by Crippen LogP contribution is 2.17. The Morgan fingerprint density at radius 2 is 1.86 bits per heavy atom. The number of rotatable bonds is 5. The Balaban J connectivity index is 2.48. The first-order valence-electron chi connectivity index (χ1n) is 7.28. The van der Waals surface area contributed by atoms with Crippen molar-refractivity contribution in [3.63, 3.8) is 0 Å². The Morgan fingerprint density at radius 1 is 1.18 bits per heavy atom. The predicted molar refractivity (Wildman–Crippen MR) is 97.5 cm³/mol. The summed E-state index contributed by atoms with van der Waals surface area (Å²) in [6.07, 6.45) is 1.67. The van der Waals surface area contributed by atoms with Crippen LogP contribution in [0.5, 0.6) is 0 Å². The van der Waals surface area contributed by atoms with Crippen molar-refractivity contribution < 1.29 is 0 Å². The molecule has 1 heterocycles. The second-order valence-electron chi connectivity index (χ2n) is 5.05. The molecular weight excluding hydrogens is 393 g/mol. The summed E-state index contributed by atoms with van der Waals surface area (Å²) in [7, 11) is 1.53. The Hall–Kier alpha value is -1.57. The summed E-state index contributed by atoms with van der Waals surface area (Å²) in [4.78, 5) is 26.4. The SMILES string of the molecule is CCN(Cc1ccccc1I)c1cn(CC)c(=O)n(C)c1=O. The monoisotopic (exact) mass is 413 g/mol. The number of halogens is 1. The van der Waals surface area contributed by atoms with Crippen LogP contribution >= 0.6 is 22.6 Å². The molecule has 5 nitrogen and oxygen atoms in total. The average Bonchev–Trinajstić information content (AvgIpc) is 2.53. The first-order chi connectivity index (χ1) is 10.5. The number of anilines is 1.